The number of para-hydroxylation sites is 1. The lowest BCUT2D eigenvalue weighted by molar-refractivity contribution is 0.391. The highest BCUT2D eigenvalue weighted by Crippen LogP contribution is 2.23. The molecule has 0 radical (unpaired) electrons. The fourth-order valence-corrected chi connectivity index (χ4v) is 2.74. The molecule has 0 bridgehead atoms. The van der Waals surface area contributed by atoms with Crippen molar-refractivity contribution in [3.05, 3.63) is 57.7 Å². The Balaban J connectivity index is 2.15. The van der Waals surface area contributed by atoms with Crippen molar-refractivity contribution >= 4 is 33.0 Å². The Bertz CT molecular complexity index is 665. The molecular weight excluding hydrogens is 379 g/mol. The van der Waals surface area contributed by atoms with Gasteiger partial charge in [0.25, 0.3) is 0 Å². The first-order valence-corrected chi connectivity index (χ1v) is 7.82. The molecule has 0 amide bonds. The van der Waals surface area contributed by atoms with Crippen LogP contribution in [0.15, 0.2) is 48.5 Å². The normalized spacial score (nSPS) is 11.1. The monoisotopic (exact) mass is 390 g/mol. The van der Waals surface area contributed by atoms with Crippen LogP contribution in [0, 0.1) is 10.5 Å². The molecule has 0 spiro atoms. The predicted octanol–water partition coefficient (Wildman–Crippen LogP) is 3.30. The van der Waals surface area contributed by atoms with E-state index < -0.39 is 10.4 Å². The Labute approximate surface area is 125 Å². The van der Waals surface area contributed by atoms with E-state index in [9.17, 15) is 8.42 Å². The van der Waals surface area contributed by atoms with Crippen LogP contribution in [0.5, 0.6) is 11.5 Å². The van der Waals surface area contributed by atoms with Crippen molar-refractivity contribution in [3.8, 4) is 11.5 Å². The maximum Gasteiger partial charge on any atom is 0.501 e. The Morgan fingerprint density at radius 1 is 0.947 bits per heavy atom. The molecular formula is C13H11IO4S. The zero-order valence-electron chi connectivity index (χ0n) is 10.0. The summed E-state index contributed by atoms with van der Waals surface area (Å²) in [7, 11) is -4.13. The van der Waals surface area contributed by atoms with Gasteiger partial charge in [-0.05, 0) is 53.8 Å². The molecule has 0 N–H and O–H groups in total. The molecule has 0 heterocycles. The molecule has 2 rings (SSSR count). The van der Waals surface area contributed by atoms with E-state index in [0.29, 0.717) is 3.57 Å². The topological polar surface area (TPSA) is 52.6 Å². The highest BCUT2D eigenvalue weighted by molar-refractivity contribution is 14.1. The van der Waals surface area contributed by atoms with Crippen LogP contribution in [0.4, 0.5) is 0 Å². The van der Waals surface area contributed by atoms with Crippen LogP contribution >= 0.6 is 22.6 Å². The lowest BCUT2D eigenvalue weighted by atomic mass is 10.2. The standard InChI is InChI=1S/C13H11IO4S/c1-10-6-8-11(9-7-10)17-19(15,16)18-13-5-3-2-4-12(13)14/h2-9H,1H3. The lowest BCUT2D eigenvalue weighted by Crippen LogP contribution is -2.16. The van der Waals surface area contributed by atoms with E-state index in [0.717, 1.165) is 5.56 Å². The average Bonchev–Trinajstić information content (AvgIpc) is 2.35. The second kappa shape index (κ2) is 5.79. The summed E-state index contributed by atoms with van der Waals surface area (Å²) >= 11 is 1.99. The maximum atomic E-state index is 11.8. The van der Waals surface area contributed by atoms with Crippen LogP contribution in [0.3, 0.4) is 0 Å². The highest BCUT2D eigenvalue weighted by atomic mass is 127. The summed E-state index contributed by atoms with van der Waals surface area (Å²) in [6.45, 7) is 1.90. The van der Waals surface area contributed by atoms with Gasteiger partial charge in [-0.3, -0.25) is 0 Å². The van der Waals surface area contributed by atoms with Gasteiger partial charge in [0.1, 0.15) is 5.75 Å². The van der Waals surface area contributed by atoms with Gasteiger partial charge in [-0.2, -0.15) is 0 Å². The van der Waals surface area contributed by atoms with Crippen molar-refractivity contribution in [2.75, 3.05) is 0 Å². The fourth-order valence-electron chi connectivity index (χ4n) is 1.35. The predicted molar refractivity (Wildman–Crippen MR) is 80.5 cm³/mol. The summed E-state index contributed by atoms with van der Waals surface area (Å²) in [5.41, 5.74) is 1.02. The molecule has 100 valence electrons. The van der Waals surface area contributed by atoms with Crippen LogP contribution < -0.4 is 8.37 Å². The van der Waals surface area contributed by atoms with Crippen molar-refractivity contribution < 1.29 is 16.8 Å². The zero-order chi connectivity index (χ0) is 13.9. The molecule has 2 aromatic carbocycles. The molecule has 0 saturated carbocycles. The Hall–Kier alpha value is -1.28. The van der Waals surface area contributed by atoms with E-state index in [1.807, 2.05) is 29.5 Å². The quantitative estimate of drug-likeness (QED) is 0.752. The van der Waals surface area contributed by atoms with Crippen LogP contribution in [0.1, 0.15) is 5.56 Å². The van der Waals surface area contributed by atoms with E-state index in [4.69, 9.17) is 8.37 Å². The Kier molecular flexibility index (Phi) is 4.31. The second-order valence-corrected chi connectivity index (χ2v) is 6.13. The molecule has 0 aliphatic rings. The first-order valence-electron chi connectivity index (χ1n) is 5.41. The zero-order valence-corrected chi connectivity index (χ0v) is 13.0. The SMILES string of the molecule is Cc1ccc(OS(=O)(=O)Oc2ccccc2I)cc1. The highest BCUT2D eigenvalue weighted by Gasteiger charge is 2.17. The number of benzene rings is 2. The third-order valence-corrected chi connectivity index (χ3v) is 3.92. The summed E-state index contributed by atoms with van der Waals surface area (Å²) in [5.74, 6) is 0.465. The number of hydrogen-bond acceptors (Lipinski definition) is 4. The third kappa shape index (κ3) is 4.10. The second-order valence-electron chi connectivity index (χ2n) is 3.82. The number of aryl methyl sites for hydroxylation is 1. The molecule has 0 fully saturated rings. The average molecular weight is 390 g/mol. The van der Waals surface area contributed by atoms with E-state index in [2.05, 4.69) is 0 Å². The van der Waals surface area contributed by atoms with Crippen molar-refractivity contribution in [2.24, 2.45) is 0 Å². The molecule has 0 atom stereocenters. The van der Waals surface area contributed by atoms with E-state index >= 15 is 0 Å². The van der Waals surface area contributed by atoms with Gasteiger partial charge < -0.3 is 8.37 Å². The summed E-state index contributed by atoms with van der Waals surface area (Å²) in [5, 5.41) is 0. The van der Waals surface area contributed by atoms with Gasteiger partial charge in [-0.25, -0.2) is 0 Å². The van der Waals surface area contributed by atoms with E-state index in [1.54, 1.807) is 48.5 Å². The minimum Gasteiger partial charge on any atom is -0.353 e. The Morgan fingerprint density at radius 3 is 2.21 bits per heavy atom. The third-order valence-electron chi connectivity index (χ3n) is 2.25. The number of rotatable bonds is 4. The summed E-state index contributed by atoms with van der Waals surface area (Å²) in [4.78, 5) is 0. The molecule has 0 unspecified atom stereocenters. The minimum atomic E-state index is -4.13. The van der Waals surface area contributed by atoms with Crippen molar-refractivity contribution in [3.63, 3.8) is 0 Å². The van der Waals surface area contributed by atoms with Gasteiger partial charge >= 0.3 is 10.4 Å². The molecule has 0 saturated heterocycles. The molecule has 4 nitrogen and oxygen atoms in total. The number of hydrogen-bond donors (Lipinski definition) is 0. The van der Waals surface area contributed by atoms with Crippen molar-refractivity contribution in [1.82, 2.24) is 0 Å². The lowest BCUT2D eigenvalue weighted by Gasteiger charge is -2.09. The molecule has 0 aromatic heterocycles. The van der Waals surface area contributed by atoms with Crippen molar-refractivity contribution in [1.29, 1.82) is 0 Å². The Morgan fingerprint density at radius 2 is 1.58 bits per heavy atom. The molecule has 19 heavy (non-hydrogen) atoms. The van der Waals surface area contributed by atoms with Crippen LogP contribution in [-0.2, 0) is 10.4 Å². The summed E-state index contributed by atoms with van der Waals surface area (Å²) in [6, 6.07) is 13.5. The van der Waals surface area contributed by atoms with Gasteiger partial charge in [0.15, 0.2) is 5.75 Å². The van der Waals surface area contributed by atoms with Crippen molar-refractivity contribution in [2.45, 2.75) is 6.92 Å². The van der Waals surface area contributed by atoms with Crippen LogP contribution in [-0.4, -0.2) is 8.42 Å². The van der Waals surface area contributed by atoms with Gasteiger partial charge in [0.2, 0.25) is 0 Å². The number of halogens is 1. The van der Waals surface area contributed by atoms with Gasteiger partial charge in [-0.1, -0.05) is 29.8 Å². The smallest absolute Gasteiger partial charge is 0.353 e. The van der Waals surface area contributed by atoms with Gasteiger partial charge in [0.05, 0.1) is 3.57 Å². The fraction of sp³-hybridized carbons (Fsp3) is 0.0769. The summed E-state index contributed by atoms with van der Waals surface area (Å²) < 4.78 is 34.0. The van der Waals surface area contributed by atoms with E-state index in [1.165, 1.54) is 0 Å². The minimum absolute atomic E-state index is 0.219. The maximum absolute atomic E-state index is 11.8. The first-order chi connectivity index (χ1) is 8.96. The summed E-state index contributed by atoms with van der Waals surface area (Å²) in [6.07, 6.45) is 0. The van der Waals surface area contributed by atoms with Gasteiger partial charge in [-0.15, -0.1) is 8.42 Å². The largest absolute Gasteiger partial charge is 0.501 e. The van der Waals surface area contributed by atoms with Crippen LogP contribution in [0.25, 0.3) is 0 Å². The molecule has 0 aliphatic carbocycles. The molecule has 6 heteroatoms. The van der Waals surface area contributed by atoms with Gasteiger partial charge in [0, 0.05) is 0 Å². The van der Waals surface area contributed by atoms with Crippen LogP contribution in [0.2, 0.25) is 0 Å². The first kappa shape index (κ1) is 14.1. The molecule has 2 aromatic rings. The molecule has 0 aliphatic heterocycles. The van der Waals surface area contributed by atoms with E-state index in [-0.39, 0.29) is 11.5 Å².